The molecule has 5 aliphatic carbocycles. The van der Waals surface area contributed by atoms with E-state index in [0.717, 1.165) is 25.7 Å². The zero-order chi connectivity index (χ0) is 12.1. The summed E-state index contributed by atoms with van der Waals surface area (Å²) in [4.78, 5) is 25.8. The molecule has 0 amide bonds. The average molecular weight is 240 g/mol. The number of carbonyl (C=O) groups is 2. The van der Waals surface area contributed by atoms with E-state index >= 15 is 0 Å². The first kappa shape index (κ1) is 9.71. The van der Waals surface area contributed by atoms with Gasteiger partial charge in [0.1, 0.15) is 0 Å². The highest BCUT2D eigenvalue weighted by Gasteiger charge is 2.79. The van der Waals surface area contributed by atoms with Gasteiger partial charge in [0, 0.05) is 0 Å². The normalized spacial score (nSPS) is 58.4. The molecule has 3 fully saturated rings. The Morgan fingerprint density at radius 1 is 0.778 bits per heavy atom. The van der Waals surface area contributed by atoms with Crippen LogP contribution in [-0.2, 0) is 9.59 Å². The molecular formula is C16H16O2. The molecule has 0 aliphatic heterocycles. The molecule has 92 valence electrons. The van der Waals surface area contributed by atoms with Crippen LogP contribution in [0.25, 0.3) is 0 Å². The first-order chi connectivity index (χ1) is 8.68. The van der Waals surface area contributed by atoms with E-state index in [0.29, 0.717) is 23.4 Å². The Morgan fingerprint density at radius 3 is 1.50 bits per heavy atom. The summed E-state index contributed by atoms with van der Waals surface area (Å²) in [6.45, 7) is 0. The van der Waals surface area contributed by atoms with Crippen molar-refractivity contribution in [1.29, 1.82) is 0 Å². The van der Waals surface area contributed by atoms with Crippen LogP contribution in [0.15, 0.2) is 24.3 Å². The molecule has 0 aromatic rings. The van der Waals surface area contributed by atoms with Crippen molar-refractivity contribution >= 4 is 11.6 Å². The van der Waals surface area contributed by atoms with Crippen molar-refractivity contribution in [1.82, 2.24) is 0 Å². The van der Waals surface area contributed by atoms with Gasteiger partial charge in [-0.2, -0.15) is 0 Å². The predicted octanol–water partition coefficient (Wildman–Crippen LogP) is 2.30. The van der Waals surface area contributed by atoms with Gasteiger partial charge in [-0.3, -0.25) is 9.59 Å². The third kappa shape index (κ3) is 0.717. The highest BCUT2D eigenvalue weighted by atomic mass is 16.2. The molecule has 3 saturated carbocycles. The van der Waals surface area contributed by atoms with E-state index in [4.69, 9.17) is 0 Å². The lowest BCUT2D eigenvalue weighted by Crippen LogP contribution is -2.69. The van der Waals surface area contributed by atoms with E-state index in [9.17, 15) is 9.59 Å². The molecule has 2 spiro atoms. The summed E-state index contributed by atoms with van der Waals surface area (Å²) in [5.74, 6) is 2.08. The van der Waals surface area contributed by atoms with E-state index in [2.05, 4.69) is 24.3 Å². The van der Waals surface area contributed by atoms with Gasteiger partial charge in [-0.25, -0.2) is 0 Å². The lowest BCUT2D eigenvalue weighted by Gasteiger charge is -2.54. The second-order valence-corrected chi connectivity index (χ2v) is 6.98. The van der Waals surface area contributed by atoms with Crippen LogP contribution in [0.3, 0.4) is 0 Å². The Kier molecular flexibility index (Phi) is 1.38. The molecular weight excluding hydrogens is 224 g/mol. The van der Waals surface area contributed by atoms with Crippen molar-refractivity contribution in [2.45, 2.75) is 25.7 Å². The molecule has 18 heavy (non-hydrogen) atoms. The molecule has 0 aromatic carbocycles. The van der Waals surface area contributed by atoms with Crippen LogP contribution in [0.5, 0.6) is 0 Å². The van der Waals surface area contributed by atoms with Crippen molar-refractivity contribution < 1.29 is 9.59 Å². The van der Waals surface area contributed by atoms with Crippen LogP contribution in [0.1, 0.15) is 25.7 Å². The number of hydrogen-bond donors (Lipinski definition) is 0. The standard InChI is InChI=1S/C16H16O2/c17-13-15(7-9-1-3-11(15)5-9)14(18)16(13)8-10-2-4-12(16)6-10/h1-4,9-12H,5-8H2/t9-,10+,11-,12-,15?,16?/m0/s1. The summed E-state index contributed by atoms with van der Waals surface area (Å²) in [7, 11) is 0. The number of carbonyl (C=O) groups excluding carboxylic acids is 2. The summed E-state index contributed by atoms with van der Waals surface area (Å²) in [6, 6.07) is 0. The molecule has 0 radical (unpaired) electrons. The molecule has 4 bridgehead atoms. The Morgan fingerprint density at radius 2 is 1.22 bits per heavy atom. The SMILES string of the molecule is O=C1C2(C[C@@H]3C=C[C@H]2C3)C(=O)C12C[C@H]1C=C[C@H]2C1. The zero-order valence-electron chi connectivity index (χ0n) is 10.3. The molecule has 2 nitrogen and oxygen atoms in total. The monoisotopic (exact) mass is 240 g/mol. The minimum absolute atomic E-state index is 0.233. The van der Waals surface area contributed by atoms with E-state index in [1.54, 1.807) is 0 Å². The fraction of sp³-hybridized carbons (Fsp3) is 0.625. The highest BCUT2D eigenvalue weighted by molar-refractivity contribution is 6.32. The molecule has 0 heterocycles. The molecule has 5 rings (SSSR count). The third-order valence-corrected chi connectivity index (χ3v) is 6.40. The first-order valence-electron chi connectivity index (χ1n) is 7.14. The van der Waals surface area contributed by atoms with Gasteiger partial charge in [-0.15, -0.1) is 0 Å². The van der Waals surface area contributed by atoms with Gasteiger partial charge in [-0.05, 0) is 49.4 Å². The molecule has 5 aliphatic rings. The quantitative estimate of drug-likeness (QED) is 0.481. The Balaban J connectivity index is 1.61. The summed E-state index contributed by atoms with van der Waals surface area (Å²) in [5.41, 5.74) is -1.14. The van der Waals surface area contributed by atoms with Gasteiger partial charge in [0.15, 0.2) is 11.6 Å². The van der Waals surface area contributed by atoms with Crippen LogP contribution in [0.2, 0.25) is 0 Å². The van der Waals surface area contributed by atoms with Crippen molar-refractivity contribution in [3.63, 3.8) is 0 Å². The summed E-state index contributed by atoms with van der Waals surface area (Å²) < 4.78 is 0. The smallest absolute Gasteiger partial charge is 0.161 e. The van der Waals surface area contributed by atoms with Crippen LogP contribution in [0, 0.1) is 34.5 Å². The van der Waals surface area contributed by atoms with Crippen LogP contribution < -0.4 is 0 Å². The average Bonchev–Trinajstić information content (AvgIpc) is 3.14. The molecule has 0 saturated heterocycles. The molecule has 4 atom stereocenters. The number of hydrogen-bond acceptors (Lipinski definition) is 2. The van der Waals surface area contributed by atoms with Gasteiger partial charge in [0.05, 0.1) is 10.8 Å². The topological polar surface area (TPSA) is 34.1 Å². The minimum Gasteiger partial charge on any atom is -0.297 e. The highest BCUT2D eigenvalue weighted by Crippen LogP contribution is 2.70. The van der Waals surface area contributed by atoms with E-state index < -0.39 is 10.8 Å². The van der Waals surface area contributed by atoms with E-state index in [1.807, 2.05) is 0 Å². The largest absolute Gasteiger partial charge is 0.297 e. The maximum atomic E-state index is 12.9. The first-order valence-corrected chi connectivity index (χ1v) is 7.14. The minimum atomic E-state index is -0.572. The van der Waals surface area contributed by atoms with Crippen LogP contribution in [0.4, 0.5) is 0 Å². The Labute approximate surface area is 106 Å². The number of ketones is 2. The fourth-order valence-electron chi connectivity index (χ4n) is 5.70. The third-order valence-electron chi connectivity index (χ3n) is 6.40. The number of Topliss-reactive ketones (excluding diaryl/α,β-unsaturated/α-hetero) is 2. The number of allylic oxidation sites excluding steroid dienone is 4. The summed E-state index contributed by atoms with van der Waals surface area (Å²) in [5, 5.41) is 0. The Bertz CT molecular complexity index is 491. The lowest BCUT2D eigenvalue weighted by atomic mass is 9.43. The van der Waals surface area contributed by atoms with Gasteiger partial charge < -0.3 is 0 Å². The van der Waals surface area contributed by atoms with Crippen molar-refractivity contribution in [2.75, 3.05) is 0 Å². The second kappa shape index (κ2) is 2.56. The number of fused-ring (bicyclic) bond motifs is 6. The Hall–Kier alpha value is -1.18. The van der Waals surface area contributed by atoms with Gasteiger partial charge in [-0.1, -0.05) is 24.3 Å². The lowest BCUT2D eigenvalue weighted by molar-refractivity contribution is -0.176. The summed E-state index contributed by atoms with van der Waals surface area (Å²) in [6.07, 6.45) is 12.4. The zero-order valence-corrected chi connectivity index (χ0v) is 10.3. The maximum absolute atomic E-state index is 12.9. The van der Waals surface area contributed by atoms with Crippen LogP contribution in [-0.4, -0.2) is 11.6 Å². The molecule has 2 heteroatoms. The van der Waals surface area contributed by atoms with Gasteiger partial charge in [0.2, 0.25) is 0 Å². The fourth-order valence-corrected chi connectivity index (χ4v) is 5.70. The van der Waals surface area contributed by atoms with Gasteiger partial charge in [0.25, 0.3) is 0 Å². The van der Waals surface area contributed by atoms with Crippen molar-refractivity contribution in [3.8, 4) is 0 Å². The maximum Gasteiger partial charge on any atom is 0.161 e. The van der Waals surface area contributed by atoms with E-state index in [-0.39, 0.29) is 11.8 Å². The predicted molar refractivity (Wildman–Crippen MR) is 65.6 cm³/mol. The molecule has 0 N–H and O–H groups in total. The second-order valence-electron chi connectivity index (χ2n) is 6.98. The van der Waals surface area contributed by atoms with Crippen molar-refractivity contribution in [3.05, 3.63) is 24.3 Å². The van der Waals surface area contributed by atoms with Crippen LogP contribution >= 0.6 is 0 Å². The summed E-state index contributed by atoms with van der Waals surface area (Å²) >= 11 is 0. The van der Waals surface area contributed by atoms with E-state index in [1.165, 1.54) is 0 Å². The number of rotatable bonds is 0. The van der Waals surface area contributed by atoms with Crippen molar-refractivity contribution in [2.24, 2.45) is 34.5 Å². The molecule has 0 unspecified atom stereocenters. The molecule has 0 aromatic heterocycles. The van der Waals surface area contributed by atoms with Gasteiger partial charge >= 0.3 is 0 Å².